The third-order valence-electron chi connectivity index (χ3n) is 4.81. The number of nitrogens with one attached hydrogen (secondary N) is 1. The minimum Gasteiger partial charge on any atom is -0.480 e. The van der Waals surface area contributed by atoms with Gasteiger partial charge in [-0.1, -0.05) is 13.3 Å². The lowest BCUT2D eigenvalue weighted by atomic mass is 9.84. The quantitative estimate of drug-likeness (QED) is 0.822. The molecule has 2 aliphatic heterocycles. The van der Waals surface area contributed by atoms with Gasteiger partial charge in [-0.25, -0.2) is 9.59 Å². The fraction of sp³-hybridized carbons (Fsp3) is 0.867. The number of carboxylic acids is 1. The minimum atomic E-state index is -0.947. The number of rotatable bonds is 4. The first-order valence-corrected chi connectivity index (χ1v) is 8.01. The van der Waals surface area contributed by atoms with Crippen molar-refractivity contribution in [1.82, 2.24) is 15.1 Å². The third-order valence-corrected chi connectivity index (χ3v) is 4.81. The van der Waals surface area contributed by atoms with Crippen LogP contribution in [0, 0.1) is 5.92 Å². The zero-order valence-corrected chi connectivity index (χ0v) is 13.0. The molecule has 6 heteroatoms. The van der Waals surface area contributed by atoms with Gasteiger partial charge in [-0.05, 0) is 45.2 Å². The van der Waals surface area contributed by atoms with Crippen LogP contribution in [0.3, 0.4) is 0 Å². The van der Waals surface area contributed by atoms with Gasteiger partial charge in [-0.2, -0.15) is 0 Å². The number of piperidine rings is 2. The van der Waals surface area contributed by atoms with E-state index in [0.717, 1.165) is 38.9 Å². The van der Waals surface area contributed by atoms with Gasteiger partial charge in [0.15, 0.2) is 0 Å². The van der Waals surface area contributed by atoms with Crippen LogP contribution in [0.25, 0.3) is 0 Å². The Kier molecular flexibility index (Phi) is 5.45. The molecule has 0 bridgehead atoms. The highest BCUT2D eigenvalue weighted by molar-refractivity contribution is 5.82. The molecule has 0 radical (unpaired) electrons. The van der Waals surface area contributed by atoms with Crippen molar-refractivity contribution in [2.45, 2.75) is 51.1 Å². The van der Waals surface area contributed by atoms with E-state index in [9.17, 15) is 9.59 Å². The molecule has 2 aliphatic rings. The minimum absolute atomic E-state index is 0.220. The van der Waals surface area contributed by atoms with Crippen molar-refractivity contribution in [3.8, 4) is 0 Å². The van der Waals surface area contributed by atoms with Crippen LogP contribution >= 0.6 is 0 Å². The number of hydrogen-bond donors (Lipinski definition) is 2. The molecular weight excluding hydrogens is 270 g/mol. The summed E-state index contributed by atoms with van der Waals surface area (Å²) in [6.45, 7) is 4.53. The molecule has 120 valence electrons. The summed E-state index contributed by atoms with van der Waals surface area (Å²) in [7, 11) is 2.16. The van der Waals surface area contributed by atoms with E-state index in [0.29, 0.717) is 18.4 Å². The van der Waals surface area contributed by atoms with Gasteiger partial charge in [0.1, 0.15) is 6.04 Å². The Morgan fingerprint density at radius 2 is 2.10 bits per heavy atom. The van der Waals surface area contributed by atoms with E-state index in [2.05, 4.69) is 17.3 Å². The van der Waals surface area contributed by atoms with Crippen molar-refractivity contribution < 1.29 is 14.7 Å². The third kappa shape index (κ3) is 3.87. The predicted octanol–water partition coefficient (Wildman–Crippen LogP) is 1.37. The second-order valence-corrected chi connectivity index (χ2v) is 6.31. The fourth-order valence-electron chi connectivity index (χ4n) is 3.62. The molecule has 3 atom stereocenters. The maximum absolute atomic E-state index is 12.3. The second-order valence-electron chi connectivity index (χ2n) is 6.31. The number of carbonyl (C=O) groups is 2. The molecule has 0 aromatic heterocycles. The van der Waals surface area contributed by atoms with Gasteiger partial charge in [-0.3, -0.25) is 0 Å². The Morgan fingerprint density at radius 1 is 1.33 bits per heavy atom. The number of likely N-dealkylation sites (tertiary alicyclic amines) is 2. The van der Waals surface area contributed by atoms with Crippen molar-refractivity contribution in [3.63, 3.8) is 0 Å². The monoisotopic (exact) mass is 297 g/mol. The van der Waals surface area contributed by atoms with E-state index in [-0.39, 0.29) is 6.03 Å². The number of aliphatic carboxylic acids is 1. The highest BCUT2D eigenvalue weighted by Crippen LogP contribution is 2.29. The van der Waals surface area contributed by atoms with Crippen LogP contribution in [0.2, 0.25) is 0 Å². The number of urea groups is 1. The molecule has 2 rings (SSSR count). The van der Waals surface area contributed by atoms with E-state index in [1.807, 2.05) is 6.92 Å². The smallest absolute Gasteiger partial charge is 0.326 e. The highest BCUT2D eigenvalue weighted by Gasteiger charge is 2.36. The highest BCUT2D eigenvalue weighted by atomic mass is 16.4. The maximum Gasteiger partial charge on any atom is 0.326 e. The molecule has 21 heavy (non-hydrogen) atoms. The molecule has 0 aromatic rings. The zero-order valence-electron chi connectivity index (χ0n) is 13.0. The van der Waals surface area contributed by atoms with Crippen molar-refractivity contribution >= 4 is 12.0 Å². The largest absolute Gasteiger partial charge is 0.480 e. The van der Waals surface area contributed by atoms with Crippen LogP contribution in [-0.2, 0) is 4.79 Å². The SMILES string of the molecule is CCCC(NC(=O)N1CCC2C(CCCN2C)C1)C(=O)O. The average molecular weight is 297 g/mol. The summed E-state index contributed by atoms with van der Waals surface area (Å²) in [6.07, 6.45) is 4.55. The molecule has 2 N–H and O–H groups in total. The Balaban J connectivity index is 1.90. The zero-order chi connectivity index (χ0) is 15.4. The summed E-state index contributed by atoms with van der Waals surface area (Å²) in [5.41, 5.74) is 0. The van der Waals surface area contributed by atoms with E-state index >= 15 is 0 Å². The van der Waals surface area contributed by atoms with Crippen molar-refractivity contribution in [2.75, 3.05) is 26.7 Å². The number of amides is 2. The first-order chi connectivity index (χ1) is 10.0. The predicted molar refractivity (Wildman–Crippen MR) is 80.2 cm³/mol. The lowest BCUT2D eigenvalue weighted by molar-refractivity contribution is -0.139. The summed E-state index contributed by atoms with van der Waals surface area (Å²) < 4.78 is 0. The number of fused-ring (bicyclic) bond motifs is 1. The first kappa shape index (κ1) is 16.1. The van der Waals surface area contributed by atoms with Gasteiger partial charge in [0.05, 0.1) is 0 Å². The average Bonchev–Trinajstić information content (AvgIpc) is 2.46. The van der Waals surface area contributed by atoms with Gasteiger partial charge < -0.3 is 20.2 Å². The fourth-order valence-corrected chi connectivity index (χ4v) is 3.62. The van der Waals surface area contributed by atoms with Gasteiger partial charge in [0.2, 0.25) is 0 Å². The molecule has 2 heterocycles. The van der Waals surface area contributed by atoms with Crippen LogP contribution in [0.4, 0.5) is 4.79 Å². The standard InChI is InChI=1S/C15H27N3O3/c1-3-5-12(14(19)20)16-15(21)18-9-7-13-11(10-18)6-4-8-17(13)2/h11-13H,3-10H2,1-2H3,(H,16,21)(H,19,20). The Bertz CT molecular complexity index is 388. The molecule has 2 saturated heterocycles. The second kappa shape index (κ2) is 7.11. The Hall–Kier alpha value is -1.30. The van der Waals surface area contributed by atoms with Crippen LogP contribution in [0.5, 0.6) is 0 Å². The summed E-state index contributed by atoms with van der Waals surface area (Å²) in [5.74, 6) is -0.421. The van der Waals surface area contributed by atoms with Crippen molar-refractivity contribution in [3.05, 3.63) is 0 Å². The van der Waals surface area contributed by atoms with Crippen LogP contribution < -0.4 is 5.32 Å². The maximum atomic E-state index is 12.3. The Labute approximate surface area is 126 Å². The van der Waals surface area contributed by atoms with Crippen LogP contribution in [0.15, 0.2) is 0 Å². The topological polar surface area (TPSA) is 72.9 Å². The number of hydrogen-bond acceptors (Lipinski definition) is 3. The van der Waals surface area contributed by atoms with E-state index in [4.69, 9.17) is 5.11 Å². The first-order valence-electron chi connectivity index (χ1n) is 8.01. The van der Waals surface area contributed by atoms with Gasteiger partial charge in [0, 0.05) is 19.1 Å². The molecule has 0 aliphatic carbocycles. The molecule has 3 unspecified atom stereocenters. The van der Waals surface area contributed by atoms with Crippen molar-refractivity contribution in [1.29, 1.82) is 0 Å². The van der Waals surface area contributed by atoms with Gasteiger partial charge >= 0.3 is 12.0 Å². The molecule has 2 amide bonds. The molecule has 2 fully saturated rings. The van der Waals surface area contributed by atoms with Crippen molar-refractivity contribution in [2.24, 2.45) is 5.92 Å². The van der Waals surface area contributed by atoms with Crippen LogP contribution in [0.1, 0.15) is 39.0 Å². The summed E-state index contributed by atoms with van der Waals surface area (Å²) >= 11 is 0. The molecule has 0 spiro atoms. The Morgan fingerprint density at radius 3 is 2.76 bits per heavy atom. The summed E-state index contributed by atoms with van der Waals surface area (Å²) in [5, 5.41) is 11.8. The normalized spacial score (nSPS) is 27.8. The molecular formula is C15H27N3O3. The van der Waals surface area contributed by atoms with Gasteiger partial charge in [-0.15, -0.1) is 0 Å². The number of nitrogens with zero attached hydrogens (tertiary/aromatic N) is 2. The van der Waals surface area contributed by atoms with Gasteiger partial charge in [0.25, 0.3) is 0 Å². The lowest BCUT2D eigenvalue weighted by Crippen LogP contribution is -2.57. The lowest BCUT2D eigenvalue weighted by Gasteiger charge is -2.46. The van der Waals surface area contributed by atoms with E-state index in [1.54, 1.807) is 4.90 Å². The summed E-state index contributed by atoms with van der Waals surface area (Å²) in [4.78, 5) is 27.6. The number of carbonyl (C=O) groups excluding carboxylic acids is 1. The molecule has 0 saturated carbocycles. The molecule has 0 aromatic carbocycles. The summed E-state index contributed by atoms with van der Waals surface area (Å²) in [6, 6.07) is -0.412. The van der Waals surface area contributed by atoms with E-state index < -0.39 is 12.0 Å². The number of carboxylic acid groups (broad SMARTS) is 1. The molecule has 6 nitrogen and oxygen atoms in total. The van der Waals surface area contributed by atoms with E-state index in [1.165, 1.54) is 6.42 Å². The van der Waals surface area contributed by atoms with Crippen LogP contribution in [-0.4, -0.2) is 65.7 Å².